The molecule has 7 nitrogen and oxygen atoms in total. The first-order valence-corrected chi connectivity index (χ1v) is 7.32. The van der Waals surface area contributed by atoms with E-state index in [0.717, 1.165) is 5.01 Å². The molecule has 0 aromatic rings. The molecule has 0 aromatic carbocycles. The topological polar surface area (TPSA) is 90.3 Å². The molecule has 1 fully saturated rings. The van der Waals surface area contributed by atoms with Crippen LogP contribution < -0.4 is 0 Å². The van der Waals surface area contributed by atoms with Gasteiger partial charge in [0, 0.05) is 26.4 Å². The fourth-order valence-electron chi connectivity index (χ4n) is 3.16. The third-order valence-electron chi connectivity index (χ3n) is 4.25. The summed E-state index contributed by atoms with van der Waals surface area (Å²) in [4.78, 5) is 37.2. The van der Waals surface area contributed by atoms with Crippen LogP contribution >= 0.6 is 0 Å². The minimum atomic E-state index is -1.12. The number of hydrazone groups is 1. The first-order valence-electron chi connectivity index (χ1n) is 7.32. The van der Waals surface area contributed by atoms with Crippen LogP contribution in [0.5, 0.6) is 0 Å². The predicted octanol–water partition coefficient (Wildman–Crippen LogP) is 0.840. The number of hydrogen-bond donors (Lipinski definition) is 1. The van der Waals surface area contributed by atoms with Gasteiger partial charge in [-0.25, -0.2) is 9.80 Å². The summed E-state index contributed by atoms with van der Waals surface area (Å²) >= 11 is 0. The molecule has 116 valence electrons. The van der Waals surface area contributed by atoms with E-state index in [2.05, 4.69) is 5.10 Å². The van der Waals surface area contributed by atoms with Gasteiger partial charge in [-0.1, -0.05) is 13.3 Å². The van der Waals surface area contributed by atoms with E-state index in [9.17, 15) is 19.5 Å². The average Bonchev–Trinajstić information content (AvgIpc) is 2.86. The Kier molecular flexibility index (Phi) is 4.29. The molecule has 0 radical (unpaired) electrons. The van der Waals surface area contributed by atoms with E-state index >= 15 is 0 Å². The molecule has 0 bridgehead atoms. The van der Waals surface area contributed by atoms with E-state index in [-0.39, 0.29) is 30.4 Å². The highest BCUT2D eigenvalue weighted by Crippen LogP contribution is 2.34. The molecular formula is C14H21N3O4. The van der Waals surface area contributed by atoms with Crippen molar-refractivity contribution in [3.63, 3.8) is 0 Å². The fourth-order valence-corrected chi connectivity index (χ4v) is 3.16. The van der Waals surface area contributed by atoms with Gasteiger partial charge in [0.05, 0.1) is 0 Å². The van der Waals surface area contributed by atoms with Crippen molar-refractivity contribution < 1.29 is 19.5 Å². The number of carboxylic acid groups (broad SMARTS) is 1. The van der Waals surface area contributed by atoms with Crippen LogP contribution in [0.4, 0.5) is 0 Å². The summed E-state index contributed by atoms with van der Waals surface area (Å²) in [7, 11) is 1.51. The van der Waals surface area contributed by atoms with E-state index in [1.165, 1.54) is 11.9 Å². The lowest BCUT2D eigenvalue weighted by Crippen LogP contribution is -2.55. The molecule has 7 heteroatoms. The number of aliphatic carboxylic acids is 1. The number of nitrogens with zero attached hydrogens (tertiary/aromatic N) is 3. The second kappa shape index (κ2) is 5.83. The van der Waals surface area contributed by atoms with Crippen molar-refractivity contribution >= 4 is 23.5 Å². The molecule has 21 heavy (non-hydrogen) atoms. The first-order chi connectivity index (χ1) is 9.92. The summed E-state index contributed by atoms with van der Waals surface area (Å²) in [6, 6.07) is 0. The number of rotatable bonds is 4. The van der Waals surface area contributed by atoms with Gasteiger partial charge < -0.3 is 10.0 Å². The number of carbonyl (C=O) groups is 3. The van der Waals surface area contributed by atoms with Crippen molar-refractivity contribution in [2.24, 2.45) is 5.10 Å². The van der Waals surface area contributed by atoms with Crippen LogP contribution in [0.3, 0.4) is 0 Å². The van der Waals surface area contributed by atoms with E-state index in [4.69, 9.17) is 0 Å². The second-order valence-electron chi connectivity index (χ2n) is 5.61. The van der Waals surface area contributed by atoms with Gasteiger partial charge in [0.15, 0.2) is 0 Å². The molecule has 2 rings (SSSR count). The molecule has 2 aliphatic heterocycles. The number of amides is 2. The van der Waals surface area contributed by atoms with Crippen molar-refractivity contribution in [3.8, 4) is 0 Å². The molecular weight excluding hydrogens is 274 g/mol. The van der Waals surface area contributed by atoms with Crippen LogP contribution in [0.2, 0.25) is 0 Å². The highest BCUT2D eigenvalue weighted by molar-refractivity contribution is 6.40. The Bertz CT molecular complexity index is 502. The van der Waals surface area contributed by atoms with Gasteiger partial charge in [-0.2, -0.15) is 5.10 Å². The summed E-state index contributed by atoms with van der Waals surface area (Å²) in [6.45, 7) is 2.35. The van der Waals surface area contributed by atoms with Crippen LogP contribution in [0.1, 0.15) is 45.4 Å². The fraction of sp³-hybridized carbons (Fsp3) is 0.714. The normalized spacial score (nSPS) is 26.0. The third-order valence-corrected chi connectivity index (χ3v) is 4.25. The molecule has 0 aromatic heterocycles. The standard InChI is InChI=1S/C14H21N3O4/c1-3-7-14(13(20)21)8-4-9-17(14)12(19)10-5-6-11(18)16(2)15-10/h3-9H2,1-2H3,(H,20,21). The number of likely N-dealkylation sites (tertiary alicyclic amines) is 1. The number of carbonyl (C=O) groups excluding carboxylic acids is 2. The van der Waals surface area contributed by atoms with Gasteiger partial charge in [0.25, 0.3) is 5.91 Å². The summed E-state index contributed by atoms with van der Waals surface area (Å²) in [6.07, 6.45) is 2.81. The third kappa shape index (κ3) is 2.64. The maximum absolute atomic E-state index is 12.6. The molecule has 1 N–H and O–H groups in total. The lowest BCUT2D eigenvalue weighted by Gasteiger charge is -2.35. The van der Waals surface area contributed by atoms with E-state index < -0.39 is 11.5 Å². The monoisotopic (exact) mass is 295 g/mol. The molecule has 1 saturated heterocycles. The Hall–Kier alpha value is -1.92. The minimum absolute atomic E-state index is 0.133. The van der Waals surface area contributed by atoms with Crippen molar-refractivity contribution in [2.75, 3.05) is 13.6 Å². The Morgan fingerprint density at radius 1 is 1.38 bits per heavy atom. The number of hydrogen-bond acceptors (Lipinski definition) is 4. The largest absolute Gasteiger partial charge is 0.479 e. The van der Waals surface area contributed by atoms with Crippen molar-refractivity contribution in [3.05, 3.63) is 0 Å². The zero-order valence-corrected chi connectivity index (χ0v) is 12.5. The molecule has 0 aliphatic carbocycles. The lowest BCUT2D eigenvalue weighted by molar-refractivity contribution is -0.155. The van der Waals surface area contributed by atoms with Crippen LogP contribution in [0.15, 0.2) is 5.10 Å². The minimum Gasteiger partial charge on any atom is -0.479 e. The molecule has 2 amide bonds. The summed E-state index contributed by atoms with van der Waals surface area (Å²) in [5, 5.41) is 14.8. The van der Waals surface area contributed by atoms with Gasteiger partial charge in [-0.05, 0) is 19.3 Å². The predicted molar refractivity (Wildman–Crippen MR) is 75.7 cm³/mol. The van der Waals surface area contributed by atoms with Gasteiger partial charge in [-0.15, -0.1) is 0 Å². The summed E-state index contributed by atoms with van der Waals surface area (Å²) < 4.78 is 0. The summed E-state index contributed by atoms with van der Waals surface area (Å²) in [5.41, 5.74) is -0.838. The van der Waals surface area contributed by atoms with Gasteiger partial charge in [0.2, 0.25) is 5.91 Å². The van der Waals surface area contributed by atoms with Crippen LogP contribution in [-0.2, 0) is 14.4 Å². The zero-order valence-electron chi connectivity index (χ0n) is 12.5. The first kappa shape index (κ1) is 15.5. The highest BCUT2D eigenvalue weighted by Gasteiger charge is 2.50. The molecule has 1 atom stereocenters. The molecule has 0 spiro atoms. The highest BCUT2D eigenvalue weighted by atomic mass is 16.4. The van der Waals surface area contributed by atoms with Gasteiger partial charge in [0.1, 0.15) is 11.3 Å². The molecule has 2 aliphatic rings. The van der Waals surface area contributed by atoms with Gasteiger partial charge in [-0.3, -0.25) is 9.59 Å². The Morgan fingerprint density at radius 2 is 2.10 bits per heavy atom. The smallest absolute Gasteiger partial charge is 0.329 e. The SMILES string of the molecule is CCCC1(C(=O)O)CCCN1C(=O)C1=NN(C)C(=O)CC1. The lowest BCUT2D eigenvalue weighted by atomic mass is 9.90. The van der Waals surface area contributed by atoms with Crippen LogP contribution in [0.25, 0.3) is 0 Å². The Morgan fingerprint density at radius 3 is 2.67 bits per heavy atom. The zero-order chi connectivity index (χ0) is 15.6. The molecule has 1 unspecified atom stereocenters. The van der Waals surface area contributed by atoms with Crippen molar-refractivity contribution in [1.29, 1.82) is 0 Å². The van der Waals surface area contributed by atoms with E-state index in [1.807, 2.05) is 6.92 Å². The average molecular weight is 295 g/mol. The van der Waals surface area contributed by atoms with Crippen LogP contribution in [0, 0.1) is 0 Å². The van der Waals surface area contributed by atoms with Crippen molar-refractivity contribution in [1.82, 2.24) is 9.91 Å². The maximum Gasteiger partial charge on any atom is 0.329 e. The Balaban J connectivity index is 2.27. The quantitative estimate of drug-likeness (QED) is 0.832. The van der Waals surface area contributed by atoms with E-state index in [1.54, 1.807) is 0 Å². The summed E-state index contributed by atoms with van der Waals surface area (Å²) in [5.74, 6) is -1.43. The second-order valence-corrected chi connectivity index (χ2v) is 5.61. The van der Waals surface area contributed by atoms with E-state index in [0.29, 0.717) is 32.2 Å². The van der Waals surface area contributed by atoms with Crippen LogP contribution in [-0.4, -0.2) is 57.6 Å². The van der Waals surface area contributed by atoms with Crippen molar-refractivity contribution in [2.45, 2.75) is 51.0 Å². The maximum atomic E-state index is 12.6. The number of carboxylic acids is 1. The Labute approximate surface area is 123 Å². The molecule has 0 saturated carbocycles. The molecule has 2 heterocycles. The van der Waals surface area contributed by atoms with Gasteiger partial charge >= 0.3 is 5.97 Å².